The Kier molecular flexibility index (Phi) is 3.78. The predicted octanol–water partition coefficient (Wildman–Crippen LogP) is 1.48. The maximum absolute atomic E-state index is 11.2. The monoisotopic (exact) mass is 262 g/mol. The maximum atomic E-state index is 11.2. The summed E-state index contributed by atoms with van der Waals surface area (Å²) in [4.78, 5) is 11.2. The molecule has 5 nitrogen and oxygen atoms in total. The smallest absolute Gasteiger partial charge is 0.255 e. The van der Waals surface area contributed by atoms with Crippen LogP contribution in [0.3, 0.4) is 0 Å². The van der Waals surface area contributed by atoms with Gasteiger partial charge in [-0.2, -0.15) is 4.37 Å². The number of nitrogens with one attached hydrogen (secondary N) is 1. The van der Waals surface area contributed by atoms with E-state index in [1.165, 1.54) is 5.56 Å². The molecule has 1 aromatic carbocycles. The van der Waals surface area contributed by atoms with Gasteiger partial charge in [0, 0.05) is 6.54 Å². The van der Waals surface area contributed by atoms with Crippen LogP contribution in [0.4, 0.5) is 10.8 Å². The summed E-state index contributed by atoms with van der Waals surface area (Å²) in [5.74, 6) is -0.363. The van der Waals surface area contributed by atoms with E-state index in [2.05, 4.69) is 21.8 Å². The first-order valence-corrected chi connectivity index (χ1v) is 6.28. The first-order chi connectivity index (χ1) is 8.68. The number of nitrogens with zero attached hydrogens (tertiary/aromatic N) is 1. The number of nitrogens with two attached hydrogens (primary N) is 2. The van der Waals surface area contributed by atoms with Crippen molar-refractivity contribution in [3.8, 4) is 0 Å². The van der Waals surface area contributed by atoms with Crippen LogP contribution in [0.5, 0.6) is 0 Å². The summed E-state index contributed by atoms with van der Waals surface area (Å²) < 4.78 is 3.92. The molecule has 0 atom stereocenters. The average Bonchev–Trinajstić information content (AvgIpc) is 2.72. The van der Waals surface area contributed by atoms with E-state index in [-0.39, 0.29) is 11.4 Å². The zero-order chi connectivity index (χ0) is 13.0. The fraction of sp³-hybridized carbons (Fsp3) is 0.167. The number of carbonyl (C=O) groups excluding carboxylic acids is 1. The molecule has 0 radical (unpaired) electrons. The molecule has 6 heteroatoms. The van der Waals surface area contributed by atoms with Gasteiger partial charge in [-0.15, -0.1) is 0 Å². The van der Waals surface area contributed by atoms with E-state index in [0.29, 0.717) is 11.5 Å². The normalized spacial score (nSPS) is 10.2. The van der Waals surface area contributed by atoms with Crippen LogP contribution in [-0.2, 0) is 6.42 Å². The number of nitrogen functional groups attached to an aromatic ring is 1. The number of benzene rings is 1. The molecule has 0 fully saturated rings. The molecular formula is C12H14N4OS. The summed E-state index contributed by atoms with van der Waals surface area (Å²) >= 11 is 1.15. The zero-order valence-corrected chi connectivity index (χ0v) is 10.5. The fourth-order valence-electron chi connectivity index (χ4n) is 1.63. The molecule has 5 N–H and O–H groups in total. The third-order valence-corrected chi connectivity index (χ3v) is 3.33. The van der Waals surface area contributed by atoms with Crippen LogP contribution >= 0.6 is 11.5 Å². The first kappa shape index (κ1) is 12.4. The standard InChI is InChI=1S/C12H14N4OS/c13-10-9(11(14)17)12(18-16-10)15-7-6-8-4-2-1-3-5-8/h1-5,15H,6-7H2,(H2,13,16)(H2,14,17). The van der Waals surface area contributed by atoms with E-state index >= 15 is 0 Å². The molecule has 0 aliphatic carbocycles. The molecule has 18 heavy (non-hydrogen) atoms. The minimum atomic E-state index is -0.552. The number of hydrogen-bond acceptors (Lipinski definition) is 5. The van der Waals surface area contributed by atoms with Gasteiger partial charge in [0.25, 0.3) is 5.91 Å². The van der Waals surface area contributed by atoms with Gasteiger partial charge in [0.2, 0.25) is 0 Å². The van der Waals surface area contributed by atoms with Crippen molar-refractivity contribution in [2.24, 2.45) is 5.73 Å². The van der Waals surface area contributed by atoms with Crippen LogP contribution in [0.25, 0.3) is 0 Å². The Balaban J connectivity index is 1.97. The number of aromatic nitrogens is 1. The number of primary amides is 1. The third kappa shape index (κ3) is 2.78. The molecule has 1 amide bonds. The summed E-state index contributed by atoms with van der Waals surface area (Å²) in [7, 11) is 0. The van der Waals surface area contributed by atoms with Gasteiger partial charge < -0.3 is 16.8 Å². The van der Waals surface area contributed by atoms with E-state index in [9.17, 15) is 4.79 Å². The van der Waals surface area contributed by atoms with Gasteiger partial charge in [0.05, 0.1) is 0 Å². The lowest BCUT2D eigenvalue weighted by atomic mass is 10.1. The lowest BCUT2D eigenvalue weighted by Crippen LogP contribution is -2.15. The summed E-state index contributed by atoms with van der Waals surface area (Å²) in [5.41, 5.74) is 12.3. The predicted molar refractivity (Wildman–Crippen MR) is 73.7 cm³/mol. The summed E-state index contributed by atoms with van der Waals surface area (Å²) in [6, 6.07) is 10.1. The Hall–Kier alpha value is -2.08. The molecule has 0 bridgehead atoms. The number of hydrogen-bond donors (Lipinski definition) is 3. The van der Waals surface area contributed by atoms with E-state index in [1.807, 2.05) is 18.2 Å². The molecule has 94 valence electrons. The first-order valence-electron chi connectivity index (χ1n) is 5.51. The highest BCUT2D eigenvalue weighted by Crippen LogP contribution is 2.25. The highest BCUT2D eigenvalue weighted by Gasteiger charge is 2.15. The Morgan fingerprint density at radius 1 is 1.33 bits per heavy atom. The molecule has 0 spiro atoms. The topological polar surface area (TPSA) is 94.0 Å². The fourth-order valence-corrected chi connectivity index (χ4v) is 2.37. The summed E-state index contributed by atoms with van der Waals surface area (Å²) in [6.45, 7) is 0.700. The van der Waals surface area contributed by atoms with Crippen molar-refractivity contribution in [3.05, 3.63) is 41.5 Å². The maximum Gasteiger partial charge on any atom is 0.255 e. The van der Waals surface area contributed by atoms with Crippen molar-refractivity contribution in [2.75, 3.05) is 17.6 Å². The number of rotatable bonds is 5. The quantitative estimate of drug-likeness (QED) is 0.760. The van der Waals surface area contributed by atoms with Crippen LogP contribution < -0.4 is 16.8 Å². The lowest BCUT2D eigenvalue weighted by molar-refractivity contribution is 0.100. The van der Waals surface area contributed by atoms with Gasteiger partial charge in [-0.05, 0) is 23.5 Å². The minimum absolute atomic E-state index is 0.190. The van der Waals surface area contributed by atoms with Crippen molar-refractivity contribution in [1.29, 1.82) is 0 Å². The van der Waals surface area contributed by atoms with Crippen LogP contribution in [0.1, 0.15) is 15.9 Å². The summed E-state index contributed by atoms with van der Waals surface area (Å²) in [6.07, 6.45) is 0.858. The molecular weight excluding hydrogens is 248 g/mol. The third-order valence-electron chi connectivity index (χ3n) is 2.51. The highest BCUT2D eigenvalue weighted by atomic mass is 32.1. The number of carbonyl (C=O) groups is 1. The van der Waals surface area contributed by atoms with Gasteiger partial charge in [-0.3, -0.25) is 4.79 Å². The highest BCUT2D eigenvalue weighted by molar-refractivity contribution is 7.11. The van der Waals surface area contributed by atoms with Crippen molar-refractivity contribution in [2.45, 2.75) is 6.42 Å². The van der Waals surface area contributed by atoms with Gasteiger partial charge in [-0.25, -0.2) is 0 Å². The van der Waals surface area contributed by atoms with Gasteiger partial charge in [0.1, 0.15) is 10.6 Å². The molecule has 0 unspecified atom stereocenters. The van der Waals surface area contributed by atoms with E-state index in [4.69, 9.17) is 11.5 Å². The summed E-state index contributed by atoms with van der Waals surface area (Å²) in [5, 5.41) is 3.77. The average molecular weight is 262 g/mol. The molecule has 0 saturated heterocycles. The van der Waals surface area contributed by atoms with Crippen molar-refractivity contribution >= 4 is 28.3 Å². The molecule has 0 aliphatic heterocycles. The minimum Gasteiger partial charge on any atom is -0.382 e. The molecule has 0 aliphatic rings. The largest absolute Gasteiger partial charge is 0.382 e. The van der Waals surface area contributed by atoms with E-state index in [1.54, 1.807) is 0 Å². The van der Waals surface area contributed by atoms with Crippen molar-refractivity contribution in [1.82, 2.24) is 4.37 Å². The van der Waals surface area contributed by atoms with Gasteiger partial charge >= 0.3 is 0 Å². The zero-order valence-electron chi connectivity index (χ0n) is 9.72. The van der Waals surface area contributed by atoms with E-state index in [0.717, 1.165) is 18.0 Å². The van der Waals surface area contributed by atoms with Gasteiger partial charge in [0.15, 0.2) is 5.82 Å². The van der Waals surface area contributed by atoms with E-state index < -0.39 is 5.91 Å². The Bertz CT molecular complexity index is 538. The SMILES string of the molecule is NC(=O)c1c(N)nsc1NCCc1ccccc1. The number of amides is 1. The molecule has 1 heterocycles. The molecule has 1 aromatic heterocycles. The van der Waals surface area contributed by atoms with Crippen LogP contribution in [0.15, 0.2) is 30.3 Å². The Morgan fingerprint density at radius 2 is 2.06 bits per heavy atom. The molecule has 2 aromatic rings. The Labute approximate surface area is 109 Å². The second-order valence-corrected chi connectivity index (χ2v) is 4.57. The molecule has 2 rings (SSSR count). The second-order valence-electron chi connectivity index (χ2n) is 3.80. The van der Waals surface area contributed by atoms with Crippen LogP contribution in [-0.4, -0.2) is 16.8 Å². The molecule has 0 saturated carbocycles. The lowest BCUT2D eigenvalue weighted by Gasteiger charge is -2.05. The van der Waals surface area contributed by atoms with Crippen molar-refractivity contribution in [3.63, 3.8) is 0 Å². The Morgan fingerprint density at radius 3 is 2.72 bits per heavy atom. The van der Waals surface area contributed by atoms with Crippen LogP contribution in [0.2, 0.25) is 0 Å². The second kappa shape index (κ2) is 5.50. The van der Waals surface area contributed by atoms with Crippen molar-refractivity contribution < 1.29 is 4.79 Å². The van der Waals surface area contributed by atoms with Gasteiger partial charge in [-0.1, -0.05) is 30.3 Å². The number of anilines is 2. The van der Waals surface area contributed by atoms with Crippen LogP contribution in [0, 0.1) is 0 Å².